The van der Waals surface area contributed by atoms with Crippen LogP contribution in [0, 0.1) is 10.1 Å². The minimum atomic E-state index is -6.00. The van der Waals surface area contributed by atoms with Crippen molar-refractivity contribution in [3.8, 4) is 0 Å². The van der Waals surface area contributed by atoms with Crippen LogP contribution < -0.4 is 0 Å². The van der Waals surface area contributed by atoms with Crippen molar-refractivity contribution < 1.29 is 27.0 Å². The first kappa shape index (κ1) is 14.1. The molecule has 1 aromatic rings. The molecule has 0 spiro atoms. The number of carbonyl (C=O) groups is 1. The van der Waals surface area contributed by atoms with Gasteiger partial charge in [0, 0.05) is 17.7 Å². The van der Waals surface area contributed by atoms with Crippen LogP contribution in [0.4, 0.5) is 23.0 Å². The fourth-order valence-corrected chi connectivity index (χ4v) is 0.675. The van der Waals surface area contributed by atoms with Crippen molar-refractivity contribution in [2.75, 3.05) is 0 Å². The first-order valence-corrected chi connectivity index (χ1v) is 3.81. The maximum Gasteiger partial charge on any atom is 0.673 e. The Kier molecular flexibility index (Phi) is 5.13. The first-order valence-electron chi connectivity index (χ1n) is 3.81. The predicted octanol–water partition coefficient (Wildman–Crippen LogP) is 2.71. The molecule has 0 bridgehead atoms. The van der Waals surface area contributed by atoms with E-state index in [1.54, 1.807) is 0 Å². The number of benzene rings is 1. The summed E-state index contributed by atoms with van der Waals surface area (Å²) in [5.41, 5.74) is 0.436. The van der Waals surface area contributed by atoms with Crippen molar-refractivity contribution in [1.29, 1.82) is 0 Å². The van der Waals surface area contributed by atoms with E-state index >= 15 is 0 Å². The molecule has 0 heterocycles. The van der Waals surface area contributed by atoms with Crippen LogP contribution in [0.15, 0.2) is 24.3 Å². The zero-order valence-electron chi connectivity index (χ0n) is 7.65. The van der Waals surface area contributed by atoms with Crippen LogP contribution in [0.2, 0.25) is 0 Å². The average Bonchev–Trinajstić information content (AvgIpc) is 2.15. The van der Waals surface area contributed by atoms with E-state index in [4.69, 9.17) is 0 Å². The SMILES string of the molecule is F[B-](F)(F)F.O=Cc1ccc([N+](=O)[O-])cc1. The van der Waals surface area contributed by atoms with Gasteiger partial charge in [0.15, 0.2) is 0 Å². The molecule has 0 atom stereocenters. The monoisotopic (exact) mass is 238 g/mol. The summed E-state index contributed by atoms with van der Waals surface area (Å²) in [6.07, 6.45) is 0.643. The van der Waals surface area contributed by atoms with E-state index in [-0.39, 0.29) is 5.69 Å². The number of halogens is 4. The lowest BCUT2D eigenvalue weighted by molar-refractivity contribution is -0.384. The van der Waals surface area contributed by atoms with E-state index in [9.17, 15) is 32.2 Å². The molecule has 0 aliphatic carbocycles. The van der Waals surface area contributed by atoms with Crippen LogP contribution in [-0.4, -0.2) is 18.5 Å². The number of rotatable bonds is 2. The van der Waals surface area contributed by atoms with Gasteiger partial charge in [-0.1, -0.05) is 0 Å². The Morgan fingerprint density at radius 3 is 1.75 bits per heavy atom. The quantitative estimate of drug-likeness (QED) is 0.261. The Hall–Kier alpha value is -1.93. The average molecular weight is 238 g/mol. The van der Waals surface area contributed by atoms with Crippen molar-refractivity contribution in [2.24, 2.45) is 0 Å². The van der Waals surface area contributed by atoms with Crippen LogP contribution in [0.5, 0.6) is 0 Å². The molecule has 0 unspecified atom stereocenters. The van der Waals surface area contributed by atoms with Crippen LogP contribution in [0.1, 0.15) is 10.4 Å². The van der Waals surface area contributed by atoms with Crippen molar-refractivity contribution in [3.05, 3.63) is 39.9 Å². The Morgan fingerprint density at radius 1 is 1.12 bits per heavy atom. The van der Waals surface area contributed by atoms with Gasteiger partial charge in [0.25, 0.3) is 5.69 Å². The molecule has 0 N–H and O–H groups in total. The fourth-order valence-electron chi connectivity index (χ4n) is 0.675. The molecule has 0 radical (unpaired) electrons. The number of hydrogen-bond donors (Lipinski definition) is 0. The Bertz CT molecular complexity index is 359. The van der Waals surface area contributed by atoms with Crippen molar-refractivity contribution in [2.45, 2.75) is 0 Å². The molecule has 9 heteroatoms. The molecule has 0 saturated heterocycles. The van der Waals surface area contributed by atoms with Gasteiger partial charge in [-0.15, -0.1) is 0 Å². The fraction of sp³-hybridized carbons (Fsp3) is 0. The van der Waals surface area contributed by atoms with Gasteiger partial charge in [-0.2, -0.15) is 0 Å². The van der Waals surface area contributed by atoms with E-state index < -0.39 is 12.2 Å². The number of nitrogens with zero attached hydrogens (tertiary/aromatic N) is 1. The van der Waals surface area contributed by atoms with E-state index in [1.807, 2.05) is 0 Å². The van der Waals surface area contributed by atoms with E-state index in [2.05, 4.69) is 0 Å². The first-order chi connectivity index (χ1) is 7.24. The Morgan fingerprint density at radius 2 is 1.50 bits per heavy atom. The molecule has 0 saturated carbocycles. The highest BCUT2D eigenvalue weighted by atomic mass is 19.5. The minimum Gasteiger partial charge on any atom is -0.418 e. The highest BCUT2D eigenvalue weighted by molar-refractivity contribution is 6.50. The number of carbonyl (C=O) groups excluding carboxylic acids is 1. The molecule has 0 aliphatic rings. The van der Waals surface area contributed by atoms with Crippen LogP contribution in [0.25, 0.3) is 0 Å². The lowest BCUT2D eigenvalue weighted by Gasteiger charge is -1.94. The molecule has 16 heavy (non-hydrogen) atoms. The summed E-state index contributed by atoms with van der Waals surface area (Å²) in [4.78, 5) is 19.7. The summed E-state index contributed by atoms with van der Waals surface area (Å²) >= 11 is 0. The predicted molar refractivity (Wildman–Crippen MR) is 48.7 cm³/mol. The molecule has 1 rings (SSSR count). The smallest absolute Gasteiger partial charge is 0.418 e. The molecule has 1 aromatic carbocycles. The topological polar surface area (TPSA) is 60.2 Å². The van der Waals surface area contributed by atoms with Gasteiger partial charge in [-0.05, 0) is 12.1 Å². The summed E-state index contributed by atoms with van der Waals surface area (Å²) < 4.78 is 39.0. The van der Waals surface area contributed by atoms with Gasteiger partial charge in [-0.25, -0.2) is 0 Å². The number of non-ortho nitro benzene ring substituents is 1. The summed E-state index contributed by atoms with van der Waals surface area (Å²) in [6.45, 7) is 0. The molecular weight excluding hydrogens is 233 g/mol. The summed E-state index contributed by atoms with van der Waals surface area (Å²) in [5, 5.41) is 10.1. The standard InChI is InChI=1S/C7H5NO3.BF4/c9-5-6-1-3-7(4-2-6)8(10)11;2-1(3,4)5/h1-5H;/q;-1. The molecule has 88 valence electrons. The van der Waals surface area contributed by atoms with Gasteiger partial charge in [-0.3, -0.25) is 14.9 Å². The highest BCUT2D eigenvalue weighted by Crippen LogP contribution is 2.10. The molecule has 0 amide bonds. The van der Waals surface area contributed by atoms with Gasteiger partial charge < -0.3 is 17.3 Å². The second kappa shape index (κ2) is 5.84. The van der Waals surface area contributed by atoms with E-state index in [0.29, 0.717) is 11.8 Å². The third kappa shape index (κ3) is 7.48. The lowest BCUT2D eigenvalue weighted by atomic mass is 10.2. The van der Waals surface area contributed by atoms with Crippen molar-refractivity contribution in [3.63, 3.8) is 0 Å². The molecular formula is C7H5BF4NO3-. The molecule has 0 fully saturated rings. The van der Waals surface area contributed by atoms with Crippen LogP contribution in [0.3, 0.4) is 0 Å². The second-order valence-corrected chi connectivity index (χ2v) is 2.46. The zero-order chi connectivity index (χ0) is 12.8. The molecule has 4 nitrogen and oxygen atoms in total. The van der Waals surface area contributed by atoms with E-state index in [1.165, 1.54) is 24.3 Å². The Labute approximate surface area is 87.1 Å². The van der Waals surface area contributed by atoms with Crippen LogP contribution >= 0.6 is 0 Å². The van der Waals surface area contributed by atoms with Crippen LogP contribution in [-0.2, 0) is 0 Å². The van der Waals surface area contributed by atoms with Crippen molar-refractivity contribution >= 4 is 19.2 Å². The minimum absolute atomic E-state index is 0.00407. The van der Waals surface area contributed by atoms with Gasteiger partial charge in [0.2, 0.25) is 0 Å². The third-order valence-electron chi connectivity index (χ3n) is 1.24. The lowest BCUT2D eigenvalue weighted by Crippen LogP contribution is -2.02. The number of hydrogen-bond acceptors (Lipinski definition) is 3. The Balaban J connectivity index is 0.000000385. The highest BCUT2D eigenvalue weighted by Gasteiger charge is 2.20. The molecule has 0 aromatic heterocycles. The normalized spacial score (nSPS) is 10.0. The largest absolute Gasteiger partial charge is 0.673 e. The van der Waals surface area contributed by atoms with E-state index in [0.717, 1.165) is 0 Å². The zero-order valence-corrected chi connectivity index (χ0v) is 7.65. The number of nitro groups is 1. The number of aldehydes is 1. The van der Waals surface area contributed by atoms with Gasteiger partial charge in [0.05, 0.1) is 4.92 Å². The third-order valence-corrected chi connectivity index (χ3v) is 1.24. The maximum absolute atomic E-state index is 10.1. The van der Waals surface area contributed by atoms with Crippen molar-refractivity contribution in [1.82, 2.24) is 0 Å². The van der Waals surface area contributed by atoms with Gasteiger partial charge >= 0.3 is 7.25 Å². The maximum atomic E-state index is 10.1. The summed E-state index contributed by atoms with van der Waals surface area (Å²) in [6, 6.07) is 5.41. The van der Waals surface area contributed by atoms with Gasteiger partial charge in [0.1, 0.15) is 6.29 Å². The number of nitro benzene ring substituents is 1. The summed E-state index contributed by atoms with van der Waals surface area (Å²) in [7, 11) is -6.00. The molecule has 0 aliphatic heterocycles. The summed E-state index contributed by atoms with van der Waals surface area (Å²) in [5.74, 6) is 0. The second-order valence-electron chi connectivity index (χ2n) is 2.46.